The van der Waals surface area contributed by atoms with Crippen LogP contribution < -0.4 is 4.74 Å². The van der Waals surface area contributed by atoms with E-state index in [9.17, 15) is 9.18 Å². The van der Waals surface area contributed by atoms with Gasteiger partial charge in [0.2, 0.25) is 0 Å². The SMILES string of the molecule is CCOC(CCOc1ccc(Br)cc1F)C(=O)O. The number of carboxylic acid groups (broad SMARTS) is 1. The molecular weight excluding hydrogens is 307 g/mol. The lowest BCUT2D eigenvalue weighted by Crippen LogP contribution is -2.26. The van der Waals surface area contributed by atoms with Gasteiger partial charge < -0.3 is 14.6 Å². The first-order valence-corrected chi connectivity index (χ1v) is 6.26. The highest BCUT2D eigenvalue weighted by Gasteiger charge is 2.17. The third-order valence-electron chi connectivity index (χ3n) is 2.17. The molecule has 1 rings (SSSR count). The summed E-state index contributed by atoms with van der Waals surface area (Å²) in [5.41, 5.74) is 0. The van der Waals surface area contributed by atoms with Crippen LogP contribution in [0.1, 0.15) is 13.3 Å². The maximum Gasteiger partial charge on any atom is 0.332 e. The predicted octanol–water partition coefficient (Wildman–Crippen LogP) is 2.85. The Morgan fingerprint density at radius 2 is 2.28 bits per heavy atom. The summed E-state index contributed by atoms with van der Waals surface area (Å²) >= 11 is 3.13. The molecule has 1 N–H and O–H groups in total. The Bertz CT molecular complexity index is 411. The zero-order valence-corrected chi connectivity index (χ0v) is 11.4. The molecule has 0 aliphatic heterocycles. The standard InChI is InChI=1S/C12H14BrFO4/c1-2-17-11(12(15)16)5-6-18-10-4-3-8(13)7-9(10)14/h3-4,7,11H,2,5-6H2,1H3,(H,15,16). The number of ether oxygens (including phenoxy) is 2. The lowest BCUT2D eigenvalue weighted by molar-refractivity contribution is -0.150. The van der Waals surface area contributed by atoms with Crippen molar-refractivity contribution in [2.45, 2.75) is 19.4 Å². The van der Waals surface area contributed by atoms with E-state index >= 15 is 0 Å². The molecule has 1 aromatic rings. The molecule has 0 radical (unpaired) electrons. The van der Waals surface area contributed by atoms with Crippen molar-refractivity contribution in [1.29, 1.82) is 0 Å². The van der Waals surface area contributed by atoms with E-state index < -0.39 is 17.9 Å². The number of halogens is 2. The van der Waals surface area contributed by atoms with Crippen LogP contribution in [0.4, 0.5) is 4.39 Å². The van der Waals surface area contributed by atoms with Gasteiger partial charge in [0.15, 0.2) is 17.7 Å². The molecule has 0 aromatic heterocycles. The molecule has 6 heteroatoms. The van der Waals surface area contributed by atoms with E-state index in [1.54, 1.807) is 13.0 Å². The Labute approximate surface area is 113 Å². The average molecular weight is 321 g/mol. The highest BCUT2D eigenvalue weighted by atomic mass is 79.9. The summed E-state index contributed by atoms with van der Waals surface area (Å²) in [6.07, 6.45) is -0.757. The van der Waals surface area contributed by atoms with Crippen molar-refractivity contribution in [1.82, 2.24) is 0 Å². The van der Waals surface area contributed by atoms with Gasteiger partial charge >= 0.3 is 5.97 Å². The number of carboxylic acids is 1. The Morgan fingerprint density at radius 1 is 1.56 bits per heavy atom. The Morgan fingerprint density at radius 3 is 2.83 bits per heavy atom. The summed E-state index contributed by atoms with van der Waals surface area (Å²) in [6.45, 7) is 2.10. The second-order valence-electron chi connectivity index (χ2n) is 3.49. The first-order chi connectivity index (χ1) is 8.54. The van der Waals surface area contributed by atoms with Gasteiger partial charge in [-0.25, -0.2) is 9.18 Å². The molecule has 1 unspecified atom stereocenters. The van der Waals surface area contributed by atoms with Crippen LogP contribution >= 0.6 is 15.9 Å². The molecule has 0 saturated carbocycles. The minimum absolute atomic E-state index is 0.0789. The van der Waals surface area contributed by atoms with Crippen LogP contribution in [0.3, 0.4) is 0 Å². The highest BCUT2D eigenvalue weighted by Crippen LogP contribution is 2.21. The van der Waals surface area contributed by atoms with Gasteiger partial charge in [0.25, 0.3) is 0 Å². The quantitative estimate of drug-likeness (QED) is 0.839. The number of carbonyl (C=O) groups is 1. The fourth-order valence-corrected chi connectivity index (χ4v) is 1.68. The molecule has 0 saturated heterocycles. The van der Waals surface area contributed by atoms with Crippen molar-refractivity contribution in [2.24, 2.45) is 0 Å². The van der Waals surface area contributed by atoms with E-state index in [0.717, 1.165) is 0 Å². The normalized spacial score (nSPS) is 12.2. The van der Waals surface area contributed by atoms with E-state index in [0.29, 0.717) is 11.1 Å². The van der Waals surface area contributed by atoms with Gasteiger partial charge in [0.1, 0.15) is 0 Å². The third-order valence-corrected chi connectivity index (χ3v) is 2.67. The summed E-state index contributed by atoms with van der Waals surface area (Å²) in [4.78, 5) is 10.8. The molecule has 0 amide bonds. The van der Waals surface area contributed by atoms with Crippen molar-refractivity contribution in [3.05, 3.63) is 28.5 Å². The smallest absolute Gasteiger partial charge is 0.332 e. The summed E-state index contributed by atoms with van der Waals surface area (Å²) in [5, 5.41) is 8.83. The van der Waals surface area contributed by atoms with Crippen LogP contribution in [0, 0.1) is 5.82 Å². The fraction of sp³-hybridized carbons (Fsp3) is 0.417. The molecule has 0 spiro atoms. The summed E-state index contributed by atoms with van der Waals surface area (Å²) in [5.74, 6) is -1.44. The van der Waals surface area contributed by atoms with Gasteiger partial charge in [-0.05, 0) is 25.1 Å². The first-order valence-electron chi connectivity index (χ1n) is 5.46. The zero-order valence-electron chi connectivity index (χ0n) is 9.86. The zero-order chi connectivity index (χ0) is 13.5. The first kappa shape index (κ1) is 14.9. The molecule has 0 bridgehead atoms. The van der Waals surface area contributed by atoms with E-state index in [1.807, 2.05) is 0 Å². The summed E-state index contributed by atoms with van der Waals surface area (Å²) < 4.78 is 24.2. The third kappa shape index (κ3) is 4.62. The van der Waals surface area contributed by atoms with Crippen molar-refractivity contribution >= 4 is 21.9 Å². The molecule has 4 nitrogen and oxygen atoms in total. The second-order valence-corrected chi connectivity index (χ2v) is 4.41. The molecule has 1 aromatic carbocycles. The predicted molar refractivity (Wildman–Crippen MR) is 67.3 cm³/mol. The fourth-order valence-electron chi connectivity index (χ4n) is 1.35. The minimum atomic E-state index is -1.04. The lowest BCUT2D eigenvalue weighted by Gasteiger charge is -2.13. The molecule has 0 aliphatic carbocycles. The highest BCUT2D eigenvalue weighted by molar-refractivity contribution is 9.10. The minimum Gasteiger partial charge on any atom is -0.490 e. The molecule has 1 atom stereocenters. The Kier molecular flexibility index (Phi) is 6.07. The lowest BCUT2D eigenvalue weighted by atomic mass is 10.2. The number of rotatable bonds is 7. The molecule has 100 valence electrons. The maximum absolute atomic E-state index is 13.4. The van der Waals surface area contributed by atoms with E-state index in [-0.39, 0.29) is 18.8 Å². The van der Waals surface area contributed by atoms with Crippen LogP contribution in [0.2, 0.25) is 0 Å². The number of hydrogen-bond donors (Lipinski definition) is 1. The van der Waals surface area contributed by atoms with Crippen LogP contribution in [-0.4, -0.2) is 30.4 Å². The van der Waals surface area contributed by atoms with Crippen molar-refractivity contribution in [2.75, 3.05) is 13.2 Å². The van der Waals surface area contributed by atoms with Gasteiger partial charge in [-0.1, -0.05) is 15.9 Å². The number of hydrogen-bond acceptors (Lipinski definition) is 3. The Balaban J connectivity index is 2.47. The van der Waals surface area contributed by atoms with Gasteiger partial charge in [-0.3, -0.25) is 0 Å². The molecule has 0 fully saturated rings. The summed E-state index contributed by atoms with van der Waals surface area (Å²) in [6, 6.07) is 4.41. The van der Waals surface area contributed by atoms with Gasteiger partial charge in [-0.15, -0.1) is 0 Å². The van der Waals surface area contributed by atoms with Crippen LogP contribution in [0.5, 0.6) is 5.75 Å². The number of benzene rings is 1. The number of aliphatic carboxylic acids is 1. The largest absolute Gasteiger partial charge is 0.490 e. The maximum atomic E-state index is 13.4. The molecular formula is C12H14BrFO4. The summed E-state index contributed by atoms with van der Waals surface area (Å²) in [7, 11) is 0. The Hall–Kier alpha value is -1.14. The average Bonchev–Trinajstić information content (AvgIpc) is 2.30. The van der Waals surface area contributed by atoms with Gasteiger partial charge in [0, 0.05) is 17.5 Å². The van der Waals surface area contributed by atoms with Gasteiger partial charge in [0.05, 0.1) is 6.61 Å². The van der Waals surface area contributed by atoms with Crippen molar-refractivity contribution < 1.29 is 23.8 Å². The van der Waals surface area contributed by atoms with Crippen LogP contribution in [0.25, 0.3) is 0 Å². The van der Waals surface area contributed by atoms with E-state index in [2.05, 4.69) is 15.9 Å². The van der Waals surface area contributed by atoms with Crippen molar-refractivity contribution in [3.63, 3.8) is 0 Å². The second kappa shape index (κ2) is 7.33. The monoisotopic (exact) mass is 320 g/mol. The van der Waals surface area contributed by atoms with Gasteiger partial charge in [-0.2, -0.15) is 0 Å². The van der Waals surface area contributed by atoms with E-state index in [1.165, 1.54) is 12.1 Å². The van der Waals surface area contributed by atoms with Crippen LogP contribution in [-0.2, 0) is 9.53 Å². The molecule has 18 heavy (non-hydrogen) atoms. The van der Waals surface area contributed by atoms with Crippen molar-refractivity contribution in [3.8, 4) is 5.75 Å². The molecule has 0 aliphatic rings. The topological polar surface area (TPSA) is 55.8 Å². The molecule has 0 heterocycles. The van der Waals surface area contributed by atoms with Crippen LogP contribution in [0.15, 0.2) is 22.7 Å². The van der Waals surface area contributed by atoms with E-state index in [4.69, 9.17) is 14.6 Å².